The molecule has 2 aromatic rings. The molecule has 1 aromatic heterocycles. The summed E-state index contributed by atoms with van der Waals surface area (Å²) in [4.78, 5) is 4.01. The fourth-order valence-electron chi connectivity index (χ4n) is 1.90. The molecule has 1 heterocycles. The Hall–Kier alpha value is -1.75. The van der Waals surface area contributed by atoms with E-state index < -0.39 is 17.7 Å². The van der Waals surface area contributed by atoms with Crippen molar-refractivity contribution in [3.63, 3.8) is 0 Å². The van der Waals surface area contributed by atoms with Crippen LogP contribution in [0, 0.1) is 11.6 Å². The van der Waals surface area contributed by atoms with Crippen LogP contribution in [-0.2, 0) is 13.0 Å². The molecule has 1 atom stereocenters. The van der Waals surface area contributed by atoms with Crippen molar-refractivity contribution in [3.8, 4) is 0 Å². The molecule has 5 heteroatoms. The number of hydrogen-bond donors (Lipinski definition) is 1. The largest absolute Gasteiger partial charge is 0.385 e. The van der Waals surface area contributed by atoms with Crippen LogP contribution < -0.4 is 0 Å². The first kappa shape index (κ1) is 12.7. The minimum absolute atomic E-state index is 0.115. The van der Waals surface area contributed by atoms with Crippen molar-refractivity contribution in [2.45, 2.75) is 26.0 Å². The third kappa shape index (κ3) is 2.41. The summed E-state index contributed by atoms with van der Waals surface area (Å²) in [6, 6.07) is 3.66. The lowest BCUT2D eigenvalue weighted by molar-refractivity contribution is 0.161. The van der Waals surface area contributed by atoms with Crippen molar-refractivity contribution in [3.05, 3.63) is 53.6 Å². The quantitative estimate of drug-likeness (QED) is 0.907. The number of aromatic nitrogens is 2. The van der Waals surface area contributed by atoms with E-state index in [-0.39, 0.29) is 12.0 Å². The maximum atomic E-state index is 13.5. The Bertz CT molecular complexity index is 519. The van der Waals surface area contributed by atoms with E-state index in [4.69, 9.17) is 0 Å². The Morgan fingerprint density at radius 1 is 1.33 bits per heavy atom. The van der Waals surface area contributed by atoms with E-state index >= 15 is 0 Å². The van der Waals surface area contributed by atoms with Crippen LogP contribution in [-0.4, -0.2) is 14.7 Å². The van der Waals surface area contributed by atoms with Crippen molar-refractivity contribution in [1.82, 2.24) is 9.55 Å². The van der Waals surface area contributed by atoms with Crippen LogP contribution in [0.4, 0.5) is 8.78 Å². The monoisotopic (exact) mass is 252 g/mol. The molecular formula is C13H14F2N2O. The second-order valence-electron chi connectivity index (χ2n) is 3.99. The first-order chi connectivity index (χ1) is 8.63. The second kappa shape index (κ2) is 5.27. The standard InChI is InChI=1S/C13H14F2N2O/c1-2-17-7-6-16-13(17)12(18)8-9-10(14)4-3-5-11(9)15/h3-7,12,18H,2,8H2,1H3. The van der Waals surface area contributed by atoms with Gasteiger partial charge < -0.3 is 9.67 Å². The van der Waals surface area contributed by atoms with Crippen molar-refractivity contribution in [2.75, 3.05) is 0 Å². The molecule has 0 radical (unpaired) electrons. The van der Waals surface area contributed by atoms with Gasteiger partial charge in [-0.3, -0.25) is 0 Å². The molecule has 0 aliphatic rings. The van der Waals surface area contributed by atoms with Crippen LogP contribution in [0.2, 0.25) is 0 Å². The van der Waals surface area contributed by atoms with Crippen LogP contribution in [0.5, 0.6) is 0 Å². The highest BCUT2D eigenvalue weighted by Gasteiger charge is 2.18. The summed E-state index contributed by atoms with van der Waals surface area (Å²) in [5, 5.41) is 10.0. The summed E-state index contributed by atoms with van der Waals surface area (Å²) < 4.78 is 28.7. The smallest absolute Gasteiger partial charge is 0.137 e. The average molecular weight is 252 g/mol. The van der Waals surface area contributed by atoms with Gasteiger partial charge in [-0.15, -0.1) is 0 Å². The van der Waals surface area contributed by atoms with E-state index in [1.54, 1.807) is 17.0 Å². The lowest BCUT2D eigenvalue weighted by Crippen LogP contribution is -2.11. The molecule has 18 heavy (non-hydrogen) atoms. The van der Waals surface area contributed by atoms with Gasteiger partial charge in [-0.05, 0) is 19.1 Å². The molecule has 0 aliphatic carbocycles. The maximum absolute atomic E-state index is 13.5. The van der Waals surface area contributed by atoms with Gasteiger partial charge in [0.2, 0.25) is 0 Å². The normalized spacial score (nSPS) is 12.7. The van der Waals surface area contributed by atoms with Crippen LogP contribution >= 0.6 is 0 Å². The number of hydrogen-bond acceptors (Lipinski definition) is 2. The number of aryl methyl sites for hydroxylation is 1. The SMILES string of the molecule is CCn1ccnc1C(O)Cc1c(F)cccc1F. The molecule has 3 nitrogen and oxygen atoms in total. The molecule has 0 spiro atoms. The second-order valence-corrected chi connectivity index (χ2v) is 3.99. The number of aliphatic hydroxyl groups excluding tert-OH is 1. The molecule has 0 saturated heterocycles. The molecule has 0 saturated carbocycles. The van der Waals surface area contributed by atoms with Crippen LogP contribution in [0.15, 0.2) is 30.6 Å². The van der Waals surface area contributed by atoms with Gasteiger partial charge in [-0.1, -0.05) is 6.07 Å². The summed E-state index contributed by atoms with van der Waals surface area (Å²) >= 11 is 0. The summed E-state index contributed by atoms with van der Waals surface area (Å²) in [5.41, 5.74) is -0.115. The highest BCUT2D eigenvalue weighted by molar-refractivity contribution is 5.21. The molecule has 1 aromatic carbocycles. The molecule has 0 bridgehead atoms. The van der Waals surface area contributed by atoms with Crippen molar-refractivity contribution < 1.29 is 13.9 Å². The summed E-state index contributed by atoms with van der Waals surface area (Å²) in [7, 11) is 0. The topological polar surface area (TPSA) is 38.0 Å². The Balaban J connectivity index is 2.24. The van der Waals surface area contributed by atoms with Crippen LogP contribution in [0.1, 0.15) is 24.4 Å². The average Bonchev–Trinajstić information content (AvgIpc) is 2.82. The number of nitrogens with zero attached hydrogens (tertiary/aromatic N) is 2. The Morgan fingerprint density at radius 2 is 2.00 bits per heavy atom. The molecule has 1 N–H and O–H groups in total. The number of rotatable bonds is 4. The fraction of sp³-hybridized carbons (Fsp3) is 0.308. The summed E-state index contributed by atoms with van der Waals surface area (Å²) in [6.07, 6.45) is 2.12. The Kier molecular flexibility index (Phi) is 3.72. The van der Waals surface area contributed by atoms with Gasteiger partial charge in [0, 0.05) is 30.9 Å². The van der Waals surface area contributed by atoms with E-state index in [9.17, 15) is 13.9 Å². The first-order valence-corrected chi connectivity index (χ1v) is 5.75. The first-order valence-electron chi connectivity index (χ1n) is 5.75. The van der Waals surface area contributed by atoms with Gasteiger partial charge in [-0.2, -0.15) is 0 Å². The molecular weight excluding hydrogens is 238 g/mol. The minimum atomic E-state index is -1.02. The number of imidazole rings is 1. The lowest BCUT2D eigenvalue weighted by Gasteiger charge is -2.13. The number of benzene rings is 1. The molecule has 0 fully saturated rings. The van der Waals surface area contributed by atoms with E-state index in [2.05, 4.69) is 4.98 Å². The number of aliphatic hydroxyl groups is 1. The molecule has 2 rings (SSSR count). The number of halogens is 2. The van der Waals surface area contributed by atoms with Gasteiger partial charge in [0.1, 0.15) is 23.6 Å². The maximum Gasteiger partial charge on any atom is 0.137 e. The van der Waals surface area contributed by atoms with Gasteiger partial charge in [0.15, 0.2) is 0 Å². The predicted octanol–water partition coefficient (Wildman–Crippen LogP) is 2.46. The zero-order valence-corrected chi connectivity index (χ0v) is 9.98. The zero-order valence-electron chi connectivity index (χ0n) is 9.98. The van der Waals surface area contributed by atoms with Gasteiger partial charge in [0.25, 0.3) is 0 Å². The summed E-state index contributed by atoms with van der Waals surface area (Å²) in [6.45, 7) is 2.55. The third-order valence-corrected chi connectivity index (χ3v) is 2.85. The highest BCUT2D eigenvalue weighted by atomic mass is 19.1. The third-order valence-electron chi connectivity index (χ3n) is 2.85. The van der Waals surface area contributed by atoms with Gasteiger partial charge >= 0.3 is 0 Å². The highest BCUT2D eigenvalue weighted by Crippen LogP contribution is 2.21. The van der Waals surface area contributed by atoms with Gasteiger partial charge in [-0.25, -0.2) is 13.8 Å². The molecule has 1 unspecified atom stereocenters. The summed E-state index contributed by atoms with van der Waals surface area (Å²) in [5.74, 6) is -0.882. The van der Waals surface area contributed by atoms with E-state index in [1.165, 1.54) is 18.2 Å². The lowest BCUT2D eigenvalue weighted by atomic mass is 10.1. The Labute approximate surface area is 104 Å². The van der Waals surface area contributed by atoms with Gasteiger partial charge in [0.05, 0.1) is 0 Å². The molecule has 96 valence electrons. The zero-order chi connectivity index (χ0) is 13.1. The van der Waals surface area contributed by atoms with Crippen LogP contribution in [0.3, 0.4) is 0 Å². The molecule has 0 amide bonds. The van der Waals surface area contributed by atoms with E-state index in [1.807, 2.05) is 6.92 Å². The van der Waals surface area contributed by atoms with E-state index in [0.717, 1.165) is 0 Å². The fourth-order valence-corrected chi connectivity index (χ4v) is 1.90. The van der Waals surface area contributed by atoms with Crippen molar-refractivity contribution >= 4 is 0 Å². The minimum Gasteiger partial charge on any atom is -0.385 e. The predicted molar refractivity (Wildman–Crippen MR) is 62.9 cm³/mol. The van der Waals surface area contributed by atoms with E-state index in [0.29, 0.717) is 12.4 Å². The van der Waals surface area contributed by atoms with Crippen LogP contribution in [0.25, 0.3) is 0 Å². The molecule has 0 aliphatic heterocycles. The Morgan fingerprint density at radius 3 is 2.61 bits per heavy atom. The van der Waals surface area contributed by atoms with Crippen molar-refractivity contribution in [1.29, 1.82) is 0 Å². The van der Waals surface area contributed by atoms with Crippen molar-refractivity contribution in [2.24, 2.45) is 0 Å².